The Morgan fingerprint density at radius 3 is 2.44 bits per heavy atom. The van der Waals surface area contributed by atoms with Gasteiger partial charge in [-0.2, -0.15) is 5.10 Å². The van der Waals surface area contributed by atoms with E-state index in [1.54, 1.807) is 12.1 Å². The van der Waals surface area contributed by atoms with Gasteiger partial charge in [0.2, 0.25) is 0 Å². The summed E-state index contributed by atoms with van der Waals surface area (Å²) in [5, 5.41) is 6.87. The molecule has 198 valence electrons. The number of ether oxygens (including phenoxy) is 1. The molecule has 0 saturated carbocycles. The van der Waals surface area contributed by atoms with Crippen LogP contribution in [0, 0.1) is 23.3 Å². The van der Waals surface area contributed by atoms with E-state index >= 15 is 0 Å². The third-order valence-corrected chi connectivity index (χ3v) is 6.95. The molecule has 2 amide bonds. The van der Waals surface area contributed by atoms with Gasteiger partial charge in [0, 0.05) is 61.6 Å². The second-order valence-corrected chi connectivity index (χ2v) is 9.28. The number of benzene rings is 2. The van der Waals surface area contributed by atoms with E-state index in [1.807, 2.05) is 0 Å². The number of carbonyl (C=O) groups is 2. The van der Waals surface area contributed by atoms with Crippen LogP contribution in [0.25, 0.3) is 16.9 Å². The molecule has 2 aliphatic rings. The zero-order valence-electron chi connectivity index (χ0n) is 20.1. The first-order chi connectivity index (χ1) is 18.7. The van der Waals surface area contributed by atoms with Gasteiger partial charge in [0.25, 0.3) is 5.91 Å². The first kappa shape index (κ1) is 24.6. The number of piperidine rings is 1. The topological polar surface area (TPSA) is 89.4 Å². The van der Waals surface area contributed by atoms with Crippen LogP contribution >= 0.6 is 0 Å². The van der Waals surface area contributed by atoms with Crippen LogP contribution in [0.3, 0.4) is 0 Å². The van der Waals surface area contributed by atoms with Crippen LogP contribution < -0.4 is 5.32 Å². The maximum absolute atomic E-state index is 14.0. The summed E-state index contributed by atoms with van der Waals surface area (Å²) in [6.07, 6.45) is 2.80. The molecule has 0 bridgehead atoms. The molecule has 4 heterocycles. The van der Waals surface area contributed by atoms with E-state index in [4.69, 9.17) is 4.74 Å². The first-order valence-corrected chi connectivity index (χ1v) is 12.0. The molecule has 2 aromatic carbocycles. The number of carbonyl (C=O) groups excluding carboxylic acids is 2. The lowest BCUT2D eigenvalue weighted by atomic mass is 9.82. The van der Waals surface area contributed by atoms with E-state index in [1.165, 1.54) is 41.6 Å². The SMILES string of the molecule is O=C1Nc2ccc(F)cc2C2(CCN(C(=O)c3cc(-c4cccnc4)n(-c4cc(F)c(F)c(F)c4)n3)CC2)O1. The minimum atomic E-state index is -1.62. The number of nitrogens with zero attached hydrogens (tertiary/aromatic N) is 4. The maximum atomic E-state index is 14.0. The number of halogens is 4. The average molecular weight is 537 g/mol. The molecule has 1 saturated heterocycles. The highest BCUT2D eigenvalue weighted by Crippen LogP contribution is 2.44. The van der Waals surface area contributed by atoms with Gasteiger partial charge in [-0.1, -0.05) is 0 Å². The highest BCUT2D eigenvalue weighted by molar-refractivity contribution is 5.94. The number of aromatic nitrogens is 3. The van der Waals surface area contributed by atoms with Gasteiger partial charge in [-0.3, -0.25) is 15.1 Å². The van der Waals surface area contributed by atoms with Gasteiger partial charge in [-0.15, -0.1) is 0 Å². The van der Waals surface area contributed by atoms with Crippen molar-refractivity contribution in [2.45, 2.75) is 18.4 Å². The van der Waals surface area contributed by atoms with Gasteiger partial charge in [-0.05, 0) is 36.4 Å². The molecule has 0 aliphatic carbocycles. The van der Waals surface area contributed by atoms with Crippen molar-refractivity contribution in [1.82, 2.24) is 19.7 Å². The third-order valence-electron chi connectivity index (χ3n) is 6.95. The summed E-state index contributed by atoms with van der Waals surface area (Å²) >= 11 is 0. The Kier molecular flexibility index (Phi) is 5.82. The van der Waals surface area contributed by atoms with Crippen molar-refractivity contribution in [2.75, 3.05) is 18.4 Å². The van der Waals surface area contributed by atoms with E-state index in [9.17, 15) is 27.2 Å². The van der Waals surface area contributed by atoms with Gasteiger partial charge in [0.15, 0.2) is 23.1 Å². The van der Waals surface area contributed by atoms with Crippen molar-refractivity contribution in [3.8, 4) is 16.9 Å². The average Bonchev–Trinajstić information content (AvgIpc) is 3.38. The Labute approximate surface area is 218 Å². The van der Waals surface area contributed by atoms with Gasteiger partial charge in [0.1, 0.15) is 11.4 Å². The fraction of sp³-hybridized carbons (Fsp3) is 0.185. The molecule has 1 N–H and O–H groups in total. The van der Waals surface area contributed by atoms with Crippen LogP contribution in [0.15, 0.2) is 60.9 Å². The number of fused-ring (bicyclic) bond motifs is 2. The normalized spacial score (nSPS) is 16.0. The van der Waals surface area contributed by atoms with Crippen LogP contribution in [-0.4, -0.2) is 44.8 Å². The minimum absolute atomic E-state index is 0.0244. The van der Waals surface area contributed by atoms with Gasteiger partial charge < -0.3 is 9.64 Å². The molecule has 39 heavy (non-hydrogen) atoms. The lowest BCUT2D eigenvalue weighted by Gasteiger charge is -2.44. The quantitative estimate of drug-likeness (QED) is 0.287. The van der Waals surface area contributed by atoms with Gasteiger partial charge >= 0.3 is 6.09 Å². The van der Waals surface area contributed by atoms with E-state index in [2.05, 4.69) is 15.4 Å². The van der Waals surface area contributed by atoms with Crippen molar-refractivity contribution in [1.29, 1.82) is 0 Å². The predicted octanol–water partition coefficient (Wildman–Crippen LogP) is 5.18. The van der Waals surface area contributed by atoms with Gasteiger partial charge in [0.05, 0.1) is 17.1 Å². The standard InChI is InChI=1S/C27H19F4N5O3/c28-16-3-4-21-18(10-16)27(39-26(38)33-21)5-8-35(9-6-27)25(37)22-13-23(15-2-1-7-32-14-15)36(34-22)17-11-19(29)24(31)20(30)12-17/h1-4,7,10-14H,5-6,8-9H2,(H,33,38). The molecule has 4 aromatic rings. The number of anilines is 1. The van der Waals surface area contributed by atoms with Crippen LogP contribution in [0.2, 0.25) is 0 Å². The molecule has 2 aromatic heterocycles. The Morgan fingerprint density at radius 1 is 1.00 bits per heavy atom. The molecular weight excluding hydrogens is 518 g/mol. The first-order valence-electron chi connectivity index (χ1n) is 12.0. The van der Waals surface area contributed by atoms with Crippen LogP contribution in [0.4, 0.5) is 28.0 Å². The Hall–Kier alpha value is -4.74. The van der Waals surface area contributed by atoms with E-state index in [-0.39, 0.29) is 37.3 Å². The fourth-order valence-corrected chi connectivity index (χ4v) is 5.04. The summed E-state index contributed by atoms with van der Waals surface area (Å²) < 4.78 is 62.5. The summed E-state index contributed by atoms with van der Waals surface area (Å²) in [6.45, 7) is 0.327. The maximum Gasteiger partial charge on any atom is 0.412 e. The number of amides is 2. The molecule has 0 radical (unpaired) electrons. The molecule has 0 atom stereocenters. The Morgan fingerprint density at radius 2 is 1.74 bits per heavy atom. The lowest BCUT2D eigenvalue weighted by Crippen LogP contribution is -2.49. The smallest absolute Gasteiger partial charge is 0.412 e. The molecule has 8 nitrogen and oxygen atoms in total. The molecule has 12 heteroatoms. The van der Waals surface area contributed by atoms with E-state index in [0.29, 0.717) is 22.5 Å². The molecule has 1 spiro atoms. The number of hydrogen-bond donors (Lipinski definition) is 1. The molecule has 0 unspecified atom stereocenters. The van der Waals surface area contributed by atoms with Crippen LogP contribution in [0.1, 0.15) is 28.9 Å². The Bertz CT molecular complexity index is 1590. The van der Waals surface area contributed by atoms with Gasteiger partial charge in [-0.25, -0.2) is 27.0 Å². The summed E-state index contributed by atoms with van der Waals surface area (Å²) in [6, 6.07) is 10.4. The summed E-state index contributed by atoms with van der Waals surface area (Å²) in [5.74, 6) is -5.38. The van der Waals surface area contributed by atoms with Crippen molar-refractivity contribution >= 4 is 17.7 Å². The predicted molar refractivity (Wildman–Crippen MR) is 130 cm³/mol. The summed E-state index contributed by atoms with van der Waals surface area (Å²) in [7, 11) is 0. The zero-order valence-corrected chi connectivity index (χ0v) is 20.1. The highest BCUT2D eigenvalue weighted by atomic mass is 19.2. The van der Waals surface area contributed by atoms with Crippen LogP contribution in [0.5, 0.6) is 0 Å². The third kappa shape index (κ3) is 4.27. The van der Waals surface area contributed by atoms with E-state index < -0.39 is 40.9 Å². The van der Waals surface area contributed by atoms with Crippen molar-refractivity contribution in [2.24, 2.45) is 0 Å². The number of nitrogens with one attached hydrogen (secondary N) is 1. The van der Waals surface area contributed by atoms with Crippen LogP contribution in [-0.2, 0) is 10.3 Å². The second kappa shape index (κ2) is 9.22. The number of rotatable bonds is 3. The lowest BCUT2D eigenvalue weighted by molar-refractivity contribution is -0.0334. The zero-order chi connectivity index (χ0) is 27.3. The highest BCUT2D eigenvalue weighted by Gasteiger charge is 2.45. The minimum Gasteiger partial charge on any atom is -0.438 e. The summed E-state index contributed by atoms with van der Waals surface area (Å²) in [4.78, 5) is 31.3. The molecule has 2 aliphatic heterocycles. The summed E-state index contributed by atoms with van der Waals surface area (Å²) in [5.41, 5.74) is 0.517. The number of hydrogen-bond acceptors (Lipinski definition) is 5. The largest absolute Gasteiger partial charge is 0.438 e. The van der Waals surface area contributed by atoms with Crippen molar-refractivity contribution in [3.63, 3.8) is 0 Å². The Balaban J connectivity index is 1.32. The van der Waals surface area contributed by atoms with Crippen molar-refractivity contribution < 1.29 is 31.9 Å². The monoisotopic (exact) mass is 537 g/mol. The van der Waals surface area contributed by atoms with E-state index in [0.717, 1.165) is 16.8 Å². The number of likely N-dealkylation sites (tertiary alicyclic amines) is 1. The molecule has 6 rings (SSSR count). The second-order valence-electron chi connectivity index (χ2n) is 9.28. The number of pyridine rings is 1. The molecular formula is C27H19F4N5O3. The molecule has 1 fully saturated rings. The fourth-order valence-electron chi connectivity index (χ4n) is 5.04. The van der Waals surface area contributed by atoms with Crippen molar-refractivity contribution in [3.05, 3.63) is 95.5 Å².